The van der Waals surface area contributed by atoms with Crippen molar-refractivity contribution >= 4 is 21.7 Å². The number of nitrogens with one attached hydrogen (secondary N) is 1. The summed E-state index contributed by atoms with van der Waals surface area (Å²) in [5.41, 5.74) is 3.63. The van der Waals surface area contributed by atoms with Crippen LogP contribution in [-0.2, 0) is 0 Å². The van der Waals surface area contributed by atoms with Gasteiger partial charge in [-0.2, -0.15) is 5.10 Å². The molecule has 0 saturated heterocycles. The van der Waals surface area contributed by atoms with Crippen LogP contribution in [0.5, 0.6) is 0 Å². The monoisotopic (exact) mass is 294 g/mol. The SMILES string of the molecule is NNc1ncnc(-n2ccc(C3CC3)n2)c1Br. The summed E-state index contributed by atoms with van der Waals surface area (Å²) in [6, 6.07) is 2.03. The van der Waals surface area contributed by atoms with E-state index in [1.165, 1.54) is 19.2 Å². The molecule has 0 amide bonds. The molecule has 2 aromatic heterocycles. The lowest BCUT2D eigenvalue weighted by Gasteiger charge is -2.06. The second-order valence-corrected chi connectivity index (χ2v) is 4.76. The zero-order chi connectivity index (χ0) is 11.8. The maximum atomic E-state index is 5.36. The first-order chi connectivity index (χ1) is 8.29. The summed E-state index contributed by atoms with van der Waals surface area (Å²) >= 11 is 3.41. The van der Waals surface area contributed by atoms with Gasteiger partial charge in [-0.1, -0.05) is 0 Å². The van der Waals surface area contributed by atoms with Crippen molar-refractivity contribution < 1.29 is 0 Å². The highest BCUT2D eigenvalue weighted by Gasteiger charge is 2.26. The Morgan fingerprint density at radius 2 is 2.24 bits per heavy atom. The summed E-state index contributed by atoms with van der Waals surface area (Å²) in [5.74, 6) is 7.21. The highest BCUT2D eigenvalue weighted by atomic mass is 79.9. The van der Waals surface area contributed by atoms with Crippen molar-refractivity contribution in [1.82, 2.24) is 19.7 Å². The summed E-state index contributed by atoms with van der Waals surface area (Å²) in [6.45, 7) is 0. The molecule has 3 rings (SSSR count). The third-order valence-electron chi connectivity index (χ3n) is 2.73. The zero-order valence-electron chi connectivity index (χ0n) is 8.97. The minimum Gasteiger partial charge on any atom is -0.307 e. The van der Waals surface area contributed by atoms with Gasteiger partial charge in [0.05, 0.1) is 5.69 Å². The van der Waals surface area contributed by atoms with Crippen LogP contribution in [0.25, 0.3) is 5.82 Å². The van der Waals surface area contributed by atoms with Crippen LogP contribution < -0.4 is 11.3 Å². The average molecular weight is 295 g/mol. The summed E-state index contributed by atoms with van der Waals surface area (Å²) in [7, 11) is 0. The van der Waals surface area contributed by atoms with Crippen LogP contribution in [0.15, 0.2) is 23.1 Å². The predicted octanol–water partition coefficient (Wildman–Crippen LogP) is 1.59. The van der Waals surface area contributed by atoms with Gasteiger partial charge in [0.1, 0.15) is 10.8 Å². The number of halogens is 1. The molecule has 0 unspecified atom stereocenters. The first kappa shape index (κ1) is 10.7. The number of rotatable bonds is 3. The molecule has 7 heteroatoms. The van der Waals surface area contributed by atoms with Crippen molar-refractivity contribution in [1.29, 1.82) is 0 Å². The molecule has 1 saturated carbocycles. The Hall–Kier alpha value is -1.47. The lowest BCUT2D eigenvalue weighted by atomic mass is 10.3. The zero-order valence-corrected chi connectivity index (χ0v) is 10.6. The first-order valence-corrected chi connectivity index (χ1v) is 6.12. The predicted molar refractivity (Wildman–Crippen MR) is 66.6 cm³/mol. The van der Waals surface area contributed by atoms with Gasteiger partial charge in [-0.05, 0) is 34.8 Å². The summed E-state index contributed by atoms with van der Waals surface area (Å²) in [5, 5.41) is 4.51. The Morgan fingerprint density at radius 1 is 1.41 bits per heavy atom. The minimum absolute atomic E-state index is 0.540. The Balaban J connectivity index is 2.01. The maximum Gasteiger partial charge on any atom is 0.173 e. The maximum absolute atomic E-state index is 5.36. The largest absolute Gasteiger partial charge is 0.307 e. The standard InChI is InChI=1S/C10H11BrN6/c11-8-9(15-12)13-5-14-10(8)17-4-3-7(16-17)6-1-2-6/h3-6H,1-2,12H2,(H,13,14,15). The van der Waals surface area contributed by atoms with Crippen LogP contribution in [0, 0.1) is 0 Å². The number of nitrogens with zero attached hydrogens (tertiary/aromatic N) is 4. The van der Waals surface area contributed by atoms with E-state index in [0.29, 0.717) is 22.0 Å². The molecule has 1 aliphatic carbocycles. The lowest BCUT2D eigenvalue weighted by Crippen LogP contribution is -2.11. The highest BCUT2D eigenvalue weighted by Crippen LogP contribution is 2.39. The molecule has 2 heterocycles. The van der Waals surface area contributed by atoms with Crippen molar-refractivity contribution in [2.24, 2.45) is 5.84 Å². The van der Waals surface area contributed by atoms with Gasteiger partial charge in [-0.15, -0.1) is 0 Å². The van der Waals surface area contributed by atoms with E-state index < -0.39 is 0 Å². The van der Waals surface area contributed by atoms with Gasteiger partial charge in [0.15, 0.2) is 11.6 Å². The smallest absolute Gasteiger partial charge is 0.173 e. The van der Waals surface area contributed by atoms with E-state index in [2.05, 4.69) is 36.4 Å². The molecule has 2 aromatic rings. The molecule has 17 heavy (non-hydrogen) atoms. The van der Waals surface area contributed by atoms with Gasteiger partial charge in [0.2, 0.25) is 0 Å². The van der Waals surface area contributed by atoms with Crippen molar-refractivity contribution in [3.63, 3.8) is 0 Å². The van der Waals surface area contributed by atoms with Crippen LogP contribution in [0.4, 0.5) is 5.82 Å². The van der Waals surface area contributed by atoms with Crippen LogP contribution >= 0.6 is 15.9 Å². The molecule has 0 radical (unpaired) electrons. The third-order valence-corrected chi connectivity index (χ3v) is 3.46. The quantitative estimate of drug-likeness (QED) is 0.664. The van der Waals surface area contributed by atoms with Gasteiger partial charge in [-0.25, -0.2) is 20.5 Å². The van der Waals surface area contributed by atoms with Crippen LogP contribution in [0.1, 0.15) is 24.5 Å². The van der Waals surface area contributed by atoms with Gasteiger partial charge in [0.25, 0.3) is 0 Å². The molecular weight excluding hydrogens is 284 g/mol. The van der Waals surface area contributed by atoms with E-state index in [-0.39, 0.29) is 0 Å². The van der Waals surface area contributed by atoms with E-state index in [0.717, 1.165) is 5.69 Å². The highest BCUT2D eigenvalue weighted by molar-refractivity contribution is 9.10. The number of aromatic nitrogens is 4. The van der Waals surface area contributed by atoms with Crippen LogP contribution in [-0.4, -0.2) is 19.7 Å². The number of anilines is 1. The fraction of sp³-hybridized carbons (Fsp3) is 0.300. The molecule has 88 valence electrons. The number of nitrogen functional groups attached to an aromatic ring is 1. The second-order valence-electron chi connectivity index (χ2n) is 3.96. The summed E-state index contributed by atoms with van der Waals surface area (Å²) in [4.78, 5) is 8.20. The van der Waals surface area contributed by atoms with Crippen molar-refractivity contribution in [3.8, 4) is 5.82 Å². The Bertz CT molecular complexity index is 547. The molecule has 0 spiro atoms. The molecule has 0 aromatic carbocycles. The summed E-state index contributed by atoms with van der Waals surface area (Å²) < 4.78 is 2.44. The van der Waals surface area contributed by atoms with Gasteiger partial charge in [-0.3, -0.25) is 0 Å². The fourth-order valence-electron chi connectivity index (χ4n) is 1.67. The Labute approximate surface area is 106 Å². The van der Waals surface area contributed by atoms with E-state index in [1.54, 1.807) is 4.68 Å². The molecular formula is C10H11BrN6. The van der Waals surface area contributed by atoms with Crippen molar-refractivity contribution in [3.05, 3.63) is 28.8 Å². The normalized spacial score (nSPS) is 14.9. The Morgan fingerprint density at radius 3 is 2.94 bits per heavy atom. The second kappa shape index (κ2) is 4.08. The molecule has 0 bridgehead atoms. The van der Waals surface area contributed by atoms with Crippen molar-refractivity contribution in [2.45, 2.75) is 18.8 Å². The van der Waals surface area contributed by atoms with E-state index in [1.807, 2.05) is 12.3 Å². The average Bonchev–Trinajstić information content (AvgIpc) is 3.08. The fourth-order valence-corrected chi connectivity index (χ4v) is 2.17. The third kappa shape index (κ3) is 1.91. The van der Waals surface area contributed by atoms with Gasteiger partial charge < -0.3 is 5.43 Å². The van der Waals surface area contributed by atoms with E-state index >= 15 is 0 Å². The molecule has 0 aliphatic heterocycles. The molecule has 6 nitrogen and oxygen atoms in total. The lowest BCUT2D eigenvalue weighted by molar-refractivity contribution is 0.803. The topological polar surface area (TPSA) is 81.6 Å². The molecule has 3 N–H and O–H groups in total. The minimum atomic E-state index is 0.540. The van der Waals surface area contributed by atoms with E-state index in [9.17, 15) is 0 Å². The number of hydrogen-bond acceptors (Lipinski definition) is 5. The van der Waals surface area contributed by atoms with Gasteiger partial charge in [0, 0.05) is 12.1 Å². The van der Waals surface area contributed by atoms with Gasteiger partial charge >= 0.3 is 0 Å². The van der Waals surface area contributed by atoms with E-state index in [4.69, 9.17) is 5.84 Å². The first-order valence-electron chi connectivity index (χ1n) is 5.32. The Kier molecular flexibility index (Phi) is 2.56. The van der Waals surface area contributed by atoms with Crippen molar-refractivity contribution in [2.75, 3.05) is 5.43 Å². The van der Waals surface area contributed by atoms with Crippen LogP contribution in [0.3, 0.4) is 0 Å². The summed E-state index contributed by atoms with van der Waals surface area (Å²) in [6.07, 6.45) is 5.82. The molecule has 1 aliphatic rings. The molecule has 0 atom stereocenters. The number of nitrogens with two attached hydrogens (primary N) is 1. The molecule has 1 fully saturated rings. The van der Waals surface area contributed by atoms with Crippen LogP contribution in [0.2, 0.25) is 0 Å². The number of hydrogen-bond donors (Lipinski definition) is 2. The number of hydrazine groups is 1.